The average molecular weight is 401 g/mol. The first-order chi connectivity index (χ1) is 13.3. The van der Waals surface area contributed by atoms with Crippen molar-refractivity contribution in [2.24, 2.45) is 5.92 Å². The van der Waals surface area contributed by atoms with E-state index >= 15 is 0 Å². The summed E-state index contributed by atoms with van der Waals surface area (Å²) in [5.41, 5.74) is 0.859. The zero-order valence-electron chi connectivity index (χ0n) is 15.8. The maximum Gasteiger partial charge on any atom is 0.255 e. The van der Waals surface area contributed by atoms with E-state index in [-0.39, 0.29) is 23.8 Å². The van der Waals surface area contributed by atoms with Gasteiger partial charge in [-0.1, -0.05) is 26.0 Å². The van der Waals surface area contributed by atoms with Crippen molar-refractivity contribution >= 4 is 21.6 Å². The van der Waals surface area contributed by atoms with E-state index in [0.29, 0.717) is 29.5 Å². The van der Waals surface area contributed by atoms with Crippen LogP contribution in [-0.2, 0) is 10.0 Å². The van der Waals surface area contributed by atoms with Crippen molar-refractivity contribution in [2.75, 3.05) is 18.5 Å². The first-order valence-electron chi connectivity index (χ1n) is 8.83. The van der Waals surface area contributed by atoms with E-state index in [1.807, 2.05) is 26.0 Å². The number of ether oxygens (including phenoxy) is 1. The van der Waals surface area contributed by atoms with E-state index in [1.165, 1.54) is 24.3 Å². The van der Waals surface area contributed by atoms with Crippen LogP contribution in [0.1, 0.15) is 30.6 Å². The fourth-order valence-electron chi connectivity index (χ4n) is 2.26. The highest BCUT2D eigenvalue weighted by Crippen LogP contribution is 2.25. The summed E-state index contributed by atoms with van der Waals surface area (Å²) in [6.07, 6.45) is 0.0814. The summed E-state index contributed by atoms with van der Waals surface area (Å²) >= 11 is 0. The van der Waals surface area contributed by atoms with E-state index in [9.17, 15) is 13.2 Å². The lowest BCUT2D eigenvalue weighted by atomic mass is 10.2. The Balaban J connectivity index is 2.09. The molecule has 2 N–H and O–H groups in total. The molecule has 2 rings (SSSR count). The number of rotatable bonds is 9. The smallest absolute Gasteiger partial charge is 0.255 e. The second kappa shape index (κ2) is 9.88. The largest absolute Gasteiger partial charge is 0.491 e. The number of nitrogens with one attached hydrogen (secondary N) is 2. The van der Waals surface area contributed by atoms with Gasteiger partial charge in [0.1, 0.15) is 5.75 Å². The third-order valence-corrected chi connectivity index (χ3v) is 5.14. The second-order valence-electron chi connectivity index (χ2n) is 6.49. The Morgan fingerprint density at radius 1 is 1.14 bits per heavy atom. The number of hydrogen-bond acceptors (Lipinski definition) is 5. The minimum atomic E-state index is -3.71. The summed E-state index contributed by atoms with van der Waals surface area (Å²) < 4.78 is 32.3. The van der Waals surface area contributed by atoms with Crippen LogP contribution >= 0.6 is 0 Å². The maximum atomic E-state index is 12.5. The summed E-state index contributed by atoms with van der Waals surface area (Å²) in [6.45, 7) is 4.63. The van der Waals surface area contributed by atoms with Gasteiger partial charge in [0.2, 0.25) is 10.0 Å². The third-order valence-electron chi connectivity index (χ3n) is 3.66. The number of hydrogen-bond donors (Lipinski definition) is 2. The van der Waals surface area contributed by atoms with Crippen molar-refractivity contribution in [3.63, 3.8) is 0 Å². The molecule has 0 saturated heterocycles. The summed E-state index contributed by atoms with van der Waals surface area (Å²) in [4.78, 5) is 12.5. The maximum absolute atomic E-state index is 12.5. The van der Waals surface area contributed by atoms with Crippen LogP contribution in [0.15, 0.2) is 53.4 Å². The SMILES string of the molecule is CC(C)COc1ccccc1NC(=O)c1ccc(S(=O)(=O)NCCC#N)cc1. The van der Waals surface area contributed by atoms with Crippen LogP contribution in [0.4, 0.5) is 5.69 Å². The van der Waals surface area contributed by atoms with Crippen LogP contribution in [0.5, 0.6) is 5.75 Å². The summed E-state index contributed by atoms with van der Waals surface area (Å²) in [6, 6.07) is 14.6. The van der Waals surface area contributed by atoms with Gasteiger partial charge in [0, 0.05) is 18.5 Å². The van der Waals surface area contributed by atoms with E-state index in [4.69, 9.17) is 10.00 Å². The molecular weight excluding hydrogens is 378 g/mol. The standard InChI is InChI=1S/C20H23N3O4S/c1-15(2)14-27-19-7-4-3-6-18(19)23-20(24)16-8-10-17(11-9-16)28(25,26)22-13-5-12-21/h3-4,6-11,15,22H,5,13-14H2,1-2H3,(H,23,24). The molecule has 8 heteroatoms. The van der Waals surface area contributed by atoms with Crippen molar-refractivity contribution in [1.82, 2.24) is 4.72 Å². The molecule has 0 aliphatic carbocycles. The van der Waals surface area contributed by atoms with Crippen LogP contribution < -0.4 is 14.8 Å². The highest BCUT2D eigenvalue weighted by Gasteiger charge is 2.15. The molecule has 0 spiro atoms. The van der Waals surface area contributed by atoms with Crippen LogP contribution in [0.3, 0.4) is 0 Å². The molecule has 0 unspecified atom stereocenters. The van der Waals surface area contributed by atoms with E-state index in [2.05, 4.69) is 10.0 Å². The number of benzene rings is 2. The summed E-state index contributed by atoms with van der Waals surface area (Å²) in [5, 5.41) is 11.3. The van der Waals surface area contributed by atoms with Crippen molar-refractivity contribution in [1.29, 1.82) is 5.26 Å². The number of amides is 1. The van der Waals surface area contributed by atoms with Gasteiger partial charge >= 0.3 is 0 Å². The number of carbonyl (C=O) groups is 1. The molecule has 0 aliphatic heterocycles. The van der Waals surface area contributed by atoms with Gasteiger partial charge in [0.05, 0.1) is 23.3 Å². The fourth-order valence-corrected chi connectivity index (χ4v) is 3.29. The molecule has 7 nitrogen and oxygen atoms in total. The first-order valence-corrected chi connectivity index (χ1v) is 10.3. The van der Waals surface area contributed by atoms with Crippen LogP contribution in [0, 0.1) is 17.2 Å². The zero-order chi connectivity index (χ0) is 20.6. The van der Waals surface area contributed by atoms with Gasteiger partial charge in [0.15, 0.2) is 0 Å². The van der Waals surface area contributed by atoms with Gasteiger partial charge in [-0.2, -0.15) is 5.26 Å². The minimum absolute atomic E-state index is 0.0302. The summed E-state index contributed by atoms with van der Waals surface area (Å²) in [5.74, 6) is 0.549. The monoisotopic (exact) mass is 401 g/mol. The Bertz CT molecular complexity index is 948. The van der Waals surface area contributed by atoms with Gasteiger partial charge in [-0.05, 0) is 42.3 Å². The number of sulfonamides is 1. The van der Waals surface area contributed by atoms with Crippen LogP contribution in [0.25, 0.3) is 0 Å². The van der Waals surface area contributed by atoms with Crippen molar-refractivity contribution in [3.8, 4) is 11.8 Å². The van der Waals surface area contributed by atoms with Crippen LogP contribution in [0.2, 0.25) is 0 Å². The van der Waals surface area contributed by atoms with Gasteiger partial charge in [-0.3, -0.25) is 4.79 Å². The molecule has 0 aliphatic rings. The average Bonchev–Trinajstić information content (AvgIpc) is 2.67. The molecule has 0 saturated carbocycles. The molecule has 2 aromatic carbocycles. The lowest BCUT2D eigenvalue weighted by molar-refractivity contribution is 0.102. The molecule has 1 amide bonds. The van der Waals surface area contributed by atoms with Gasteiger partial charge in [-0.25, -0.2) is 13.1 Å². The number of nitriles is 1. The molecular formula is C20H23N3O4S. The molecule has 0 radical (unpaired) electrons. The molecule has 0 bridgehead atoms. The van der Waals surface area contributed by atoms with Crippen molar-refractivity contribution < 1.29 is 17.9 Å². The number of para-hydroxylation sites is 2. The van der Waals surface area contributed by atoms with E-state index < -0.39 is 10.0 Å². The molecule has 148 valence electrons. The van der Waals surface area contributed by atoms with Crippen molar-refractivity contribution in [3.05, 3.63) is 54.1 Å². The van der Waals surface area contributed by atoms with Gasteiger partial charge in [-0.15, -0.1) is 0 Å². The second-order valence-corrected chi connectivity index (χ2v) is 8.25. The lowest BCUT2D eigenvalue weighted by Gasteiger charge is -2.14. The van der Waals surface area contributed by atoms with Crippen LogP contribution in [-0.4, -0.2) is 27.5 Å². The topological polar surface area (TPSA) is 108 Å². The quantitative estimate of drug-likeness (QED) is 0.628. The Morgan fingerprint density at radius 3 is 2.46 bits per heavy atom. The molecule has 28 heavy (non-hydrogen) atoms. The normalized spacial score (nSPS) is 11.1. The molecule has 0 aromatic heterocycles. The fraction of sp³-hybridized carbons (Fsp3) is 0.300. The molecule has 0 fully saturated rings. The first kappa shape index (κ1) is 21.4. The van der Waals surface area contributed by atoms with Gasteiger partial charge < -0.3 is 10.1 Å². The Kier molecular flexibility index (Phi) is 7.55. The Hall–Kier alpha value is -2.89. The number of carbonyl (C=O) groups excluding carboxylic acids is 1. The van der Waals surface area contributed by atoms with E-state index in [0.717, 1.165) is 0 Å². The Labute approximate surface area is 165 Å². The number of nitrogens with zero attached hydrogens (tertiary/aromatic N) is 1. The minimum Gasteiger partial charge on any atom is -0.491 e. The predicted octanol–water partition coefficient (Wildman–Crippen LogP) is 3.17. The zero-order valence-corrected chi connectivity index (χ0v) is 16.6. The van der Waals surface area contributed by atoms with Crippen molar-refractivity contribution in [2.45, 2.75) is 25.2 Å². The highest BCUT2D eigenvalue weighted by molar-refractivity contribution is 7.89. The molecule has 0 atom stereocenters. The summed E-state index contributed by atoms with van der Waals surface area (Å²) in [7, 11) is -3.71. The third kappa shape index (κ3) is 6.08. The highest BCUT2D eigenvalue weighted by atomic mass is 32.2. The van der Waals surface area contributed by atoms with E-state index in [1.54, 1.807) is 18.2 Å². The number of anilines is 1. The lowest BCUT2D eigenvalue weighted by Crippen LogP contribution is -2.24. The molecule has 0 heterocycles. The van der Waals surface area contributed by atoms with Gasteiger partial charge in [0.25, 0.3) is 5.91 Å². The molecule has 2 aromatic rings. The Morgan fingerprint density at radius 2 is 1.82 bits per heavy atom. The predicted molar refractivity (Wildman–Crippen MR) is 107 cm³/mol.